The molecule has 2 unspecified atom stereocenters. The Morgan fingerprint density at radius 1 is 1.24 bits per heavy atom. The van der Waals surface area contributed by atoms with Crippen LogP contribution in [0.3, 0.4) is 0 Å². The van der Waals surface area contributed by atoms with Gasteiger partial charge in [0.1, 0.15) is 6.04 Å². The van der Waals surface area contributed by atoms with Crippen LogP contribution in [0.4, 0.5) is 0 Å². The number of amides is 2. The van der Waals surface area contributed by atoms with Crippen LogP contribution in [-0.2, 0) is 19.1 Å². The number of allylic oxidation sites excluding steroid dienone is 1. The number of carbonyl (C=O) groups excluding carboxylic acids is 3. The number of nitrogens with zero attached hydrogens (tertiary/aromatic N) is 2. The Kier molecular flexibility index (Phi) is 7.53. The number of aliphatic hydroxyl groups is 1. The van der Waals surface area contributed by atoms with Gasteiger partial charge in [0, 0.05) is 31.0 Å². The zero-order valence-electron chi connectivity index (χ0n) is 19.7. The predicted molar refractivity (Wildman–Crippen MR) is 127 cm³/mol. The molecule has 8 heteroatoms. The van der Waals surface area contributed by atoms with Crippen LogP contribution in [0.25, 0.3) is 0 Å². The summed E-state index contributed by atoms with van der Waals surface area (Å²) >= 11 is 1.58. The lowest BCUT2D eigenvalue weighted by molar-refractivity contribution is -0.153. The number of thioether (sulfide) groups is 1. The first kappa shape index (κ1) is 24.3. The number of aliphatic hydroxyl groups excluding tert-OH is 1. The summed E-state index contributed by atoms with van der Waals surface area (Å²) in [7, 11) is 0. The van der Waals surface area contributed by atoms with Crippen LogP contribution in [0.1, 0.15) is 52.4 Å². The molecule has 33 heavy (non-hydrogen) atoms. The quantitative estimate of drug-likeness (QED) is 0.468. The molecule has 6 atom stereocenters. The molecule has 0 saturated carbocycles. The Morgan fingerprint density at radius 2 is 2.06 bits per heavy atom. The van der Waals surface area contributed by atoms with Gasteiger partial charge in [-0.25, -0.2) is 0 Å². The standard InChI is InChI=1S/C25H36N2O5S/c1-3-10-17(2)26-13-8-12-25-20(22(29)27(14-9-15-28)21(25)23(26)30)19-18(33-25)11-6-4-5-7-16-32-24(19)31/h6,8,11-12,17-21,28H,3-5,7,9-10,13-16H2,1-2H3/b11-6-/t17?,18-,19+,20-,21?,25-/m0/s1. The van der Waals surface area contributed by atoms with E-state index in [9.17, 15) is 19.5 Å². The first-order valence-corrected chi connectivity index (χ1v) is 13.2. The van der Waals surface area contributed by atoms with Crippen LogP contribution in [0.2, 0.25) is 0 Å². The molecule has 182 valence electrons. The highest BCUT2D eigenvalue weighted by Crippen LogP contribution is 2.60. The summed E-state index contributed by atoms with van der Waals surface area (Å²) in [5.74, 6) is -1.81. The van der Waals surface area contributed by atoms with Gasteiger partial charge in [0.15, 0.2) is 0 Å². The second kappa shape index (κ2) is 10.2. The highest BCUT2D eigenvalue weighted by molar-refractivity contribution is 8.02. The minimum atomic E-state index is -0.808. The molecular weight excluding hydrogens is 440 g/mol. The Labute approximate surface area is 200 Å². The summed E-state index contributed by atoms with van der Waals surface area (Å²) < 4.78 is 4.81. The average Bonchev–Trinajstić information content (AvgIpc) is 3.17. The normalized spacial score (nSPS) is 36.0. The minimum Gasteiger partial charge on any atom is -0.465 e. The highest BCUT2D eigenvalue weighted by Gasteiger charge is 2.70. The van der Waals surface area contributed by atoms with Crippen LogP contribution < -0.4 is 0 Å². The molecule has 0 bridgehead atoms. The minimum absolute atomic E-state index is 0.0525. The van der Waals surface area contributed by atoms with Crippen molar-refractivity contribution in [1.82, 2.24) is 9.80 Å². The van der Waals surface area contributed by atoms with E-state index < -0.39 is 22.6 Å². The number of fused-ring (bicyclic) bond motifs is 2. The van der Waals surface area contributed by atoms with Crippen molar-refractivity contribution in [2.45, 2.75) is 74.5 Å². The third kappa shape index (κ3) is 4.25. The molecule has 0 aliphatic carbocycles. The maximum absolute atomic E-state index is 14.0. The van der Waals surface area contributed by atoms with Crippen LogP contribution in [0, 0.1) is 11.8 Å². The van der Waals surface area contributed by atoms with Gasteiger partial charge >= 0.3 is 5.97 Å². The first-order chi connectivity index (χ1) is 16.0. The van der Waals surface area contributed by atoms with Crippen molar-refractivity contribution in [2.24, 2.45) is 11.8 Å². The molecule has 1 N–H and O–H groups in total. The van der Waals surface area contributed by atoms with Crippen LogP contribution in [-0.4, -0.2) is 81.1 Å². The van der Waals surface area contributed by atoms with Crippen molar-refractivity contribution in [3.8, 4) is 0 Å². The van der Waals surface area contributed by atoms with E-state index in [4.69, 9.17) is 4.74 Å². The van der Waals surface area contributed by atoms with Gasteiger partial charge in [-0.3, -0.25) is 14.4 Å². The van der Waals surface area contributed by atoms with E-state index in [1.165, 1.54) is 0 Å². The number of hydrogen-bond donors (Lipinski definition) is 1. The zero-order valence-corrected chi connectivity index (χ0v) is 20.5. The fraction of sp³-hybridized carbons (Fsp3) is 0.720. The molecule has 0 aromatic carbocycles. The number of cyclic esters (lactones) is 1. The van der Waals surface area contributed by atoms with E-state index in [1.54, 1.807) is 16.7 Å². The molecule has 0 aromatic rings. The number of carbonyl (C=O) groups is 3. The van der Waals surface area contributed by atoms with Crippen molar-refractivity contribution in [2.75, 3.05) is 26.3 Å². The van der Waals surface area contributed by atoms with Crippen LogP contribution in [0.5, 0.6) is 0 Å². The summed E-state index contributed by atoms with van der Waals surface area (Å²) in [4.78, 5) is 44.6. The Morgan fingerprint density at radius 3 is 2.82 bits per heavy atom. The summed E-state index contributed by atoms with van der Waals surface area (Å²) in [6.07, 6.45) is 13.1. The first-order valence-electron chi connectivity index (χ1n) is 12.4. The number of ether oxygens (including phenoxy) is 1. The van der Waals surface area contributed by atoms with Crippen LogP contribution >= 0.6 is 11.8 Å². The maximum atomic E-state index is 14.0. The second-order valence-electron chi connectivity index (χ2n) is 9.57. The lowest BCUT2D eigenvalue weighted by atomic mass is 9.78. The largest absolute Gasteiger partial charge is 0.465 e. The third-order valence-corrected chi connectivity index (χ3v) is 9.17. The molecule has 4 aliphatic heterocycles. The van der Waals surface area contributed by atoms with E-state index in [-0.39, 0.29) is 35.7 Å². The Bertz CT molecular complexity index is 830. The van der Waals surface area contributed by atoms with Gasteiger partial charge in [-0.15, -0.1) is 11.8 Å². The van der Waals surface area contributed by atoms with Crippen molar-refractivity contribution < 1.29 is 24.2 Å². The van der Waals surface area contributed by atoms with E-state index in [2.05, 4.69) is 26.0 Å². The SMILES string of the molecule is CCCC(C)N1CC=C[C@]23S[C@H]4/C=C\CCCCOC(=O)[C@H]4[C@H]2C(=O)N(CCCO)C3C1=O. The van der Waals surface area contributed by atoms with Gasteiger partial charge in [-0.05, 0) is 39.0 Å². The van der Waals surface area contributed by atoms with Crippen LogP contribution in [0.15, 0.2) is 24.3 Å². The van der Waals surface area contributed by atoms with Crippen molar-refractivity contribution in [3.63, 3.8) is 0 Å². The molecule has 1 spiro atoms. The van der Waals surface area contributed by atoms with Gasteiger partial charge in [0.2, 0.25) is 11.8 Å². The summed E-state index contributed by atoms with van der Waals surface area (Å²) in [6, 6.07) is -0.614. The highest BCUT2D eigenvalue weighted by atomic mass is 32.2. The summed E-state index contributed by atoms with van der Waals surface area (Å²) in [5, 5.41) is 9.26. The molecule has 0 aromatic heterocycles. The van der Waals surface area contributed by atoms with E-state index >= 15 is 0 Å². The predicted octanol–water partition coefficient (Wildman–Crippen LogP) is 2.54. The monoisotopic (exact) mass is 476 g/mol. The molecular formula is C25H36N2O5S. The lowest BCUT2D eigenvalue weighted by Crippen LogP contribution is -2.55. The number of likely N-dealkylation sites (tertiary alicyclic amines) is 1. The smallest absolute Gasteiger partial charge is 0.311 e. The lowest BCUT2D eigenvalue weighted by Gasteiger charge is -2.37. The molecule has 2 amide bonds. The van der Waals surface area contributed by atoms with E-state index in [0.717, 1.165) is 32.1 Å². The fourth-order valence-corrected chi connectivity index (χ4v) is 7.89. The second-order valence-corrected chi connectivity index (χ2v) is 11.1. The molecule has 4 heterocycles. The molecule has 4 rings (SSSR count). The van der Waals surface area contributed by atoms with Gasteiger partial charge in [0.05, 0.1) is 23.2 Å². The third-order valence-electron chi connectivity index (χ3n) is 7.43. The van der Waals surface area contributed by atoms with Crippen molar-refractivity contribution in [1.29, 1.82) is 0 Å². The molecule has 7 nitrogen and oxygen atoms in total. The Hall–Kier alpha value is -1.80. The van der Waals surface area contributed by atoms with Gasteiger partial charge in [0.25, 0.3) is 0 Å². The maximum Gasteiger partial charge on any atom is 0.311 e. The van der Waals surface area contributed by atoms with Crippen molar-refractivity contribution in [3.05, 3.63) is 24.3 Å². The number of hydrogen-bond acceptors (Lipinski definition) is 6. The topological polar surface area (TPSA) is 87.2 Å². The van der Waals surface area contributed by atoms with Gasteiger partial charge < -0.3 is 19.6 Å². The van der Waals surface area contributed by atoms with Gasteiger partial charge in [-0.2, -0.15) is 0 Å². The molecule has 0 radical (unpaired) electrons. The molecule has 2 fully saturated rings. The van der Waals surface area contributed by atoms with E-state index in [0.29, 0.717) is 26.1 Å². The number of rotatable bonds is 6. The van der Waals surface area contributed by atoms with Crippen molar-refractivity contribution >= 4 is 29.5 Å². The van der Waals surface area contributed by atoms with E-state index in [1.807, 2.05) is 17.1 Å². The fourth-order valence-electron chi connectivity index (χ4n) is 5.89. The zero-order chi connectivity index (χ0) is 23.6. The Balaban J connectivity index is 1.78. The van der Waals surface area contributed by atoms with Gasteiger partial charge in [-0.1, -0.05) is 37.6 Å². The summed E-state index contributed by atoms with van der Waals surface area (Å²) in [6.45, 7) is 5.27. The summed E-state index contributed by atoms with van der Waals surface area (Å²) in [5.41, 5.74) is 0. The average molecular weight is 477 g/mol. The molecule has 2 saturated heterocycles. The number of esters is 1. The molecule has 4 aliphatic rings.